The molecule has 0 saturated carbocycles. The number of nitrogens with two attached hydrogens (primary N) is 1. The van der Waals surface area contributed by atoms with Crippen LogP contribution in [0.4, 0.5) is 10.5 Å². The zero-order chi connectivity index (χ0) is 48.6. The minimum atomic E-state index is -1.54. The molecule has 0 radical (unpaired) electrons. The number of nitrogens with one attached hydrogen (secondary N) is 3. The van der Waals surface area contributed by atoms with Crippen molar-refractivity contribution in [3.63, 3.8) is 0 Å². The highest BCUT2D eigenvalue weighted by molar-refractivity contribution is 5.96. The summed E-state index contributed by atoms with van der Waals surface area (Å²) in [5.41, 5.74) is 8.00. The van der Waals surface area contributed by atoms with E-state index in [0.29, 0.717) is 12.1 Å². The Hall–Kier alpha value is -5.28. The van der Waals surface area contributed by atoms with E-state index in [1.807, 2.05) is 85.5 Å². The van der Waals surface area contributed by atoms with Crippen LogP contribution in [0.3, 0.4) is 0 Å². The number of fused-ring (bicyclic) bond motifs is 1. The summed E-state index contributed by atoms with van der Waals surface area (Å²) < 4.78 is 5.54. The first kappa shape index (κ1) is 54.3. The second kappa shape index (κ2) is 29.5. The van der Waals surface area contributed by atoms with Crippen molar-refractivity contribution in [2.45, 2.75) is 167 Å². The van der Waals surface area contributed by atoms with E-state index in [4.69, 9.17) is 10.5 Å². The van der Waals surface area contributed by atoms with Crippen molar-refractivity contribution >= 4 is 40.3 Å². The highest BCUT2D eigenvalue weighted by Gasteiger charge is 2.37. The highest BCUT2D eigenvalue weighted by atomic mass is 16.5. The smallest absolute Gasteiger partial charge is 0.408 e. The maximum absolute atomic E-state index is 14.6. The molecule has 0 fully saturated rings. The number of ether oxygens (including phenoxy) is 1. The van der Waals surface area contributed by atoms with Crippen molar-refractivity contribution in [1.29, 1.82) is 0 Å². The normalized spacial score (nSPS) is 15.5. The van der Waals surface area contributed by atoms with Crippen molar-refractivity contribution in [2.24, 2.45) is 11.7 Å². The lowest BCUT2D eigenvalue weighted by atomic mass is 9.98. The summed E-state index contributed by atoms with van der Waals surface area (Å²) in [6, 6.07) is 17.7. The molecule has 0 aliphatic carbocycles. The molecule has 0 spiro atoms. The molecule has 14 heteroatoms. The maximum atomic E-state index is 14.6. The SMILES string of the molecule is CCCCCCCCCCCCCC=CC(O)C(CO)NC(=O)C(NC(=O)[C@H](CC1=CN(C(=O)[C@H](C)N)CN1c1cccc2ccccc12)NC(=O)OCc1ccccc1)[C@@H](O)CCC(C)C. The van der Waals surface area contributed by atoms with Crippen molar-refractivity contribution in [3.8, 4) is 0 Å². The van der Waals surface area contributed by atoms with Crippen molar-refractivity contribution in [3.05, 3.63) is 102 Å². The van der Waals surface area contributed by atoms with Gasteiger partial charge in [-0.05, 0) is 55.5 Å². The number of hydrogen-bond donors (Lipinski definition) is 7. The van der Waals surface area contributed by atoms with Gasteiger partial charge in [-0.25, -0.2) is 4.79 Å². The summed E-state index contributed by atoms with van der Waals surface area (Å²) in [5.74, 6) is -1.83. The molecule has 1 aliphatic rings. The van der Waals surface area contributed by atoms with Gasteiger partial charge in [-0.1, -0.05) is 164 Å². The fourth-order valence-corrected chi connectivity index (χ4v) is 8.16. The fraction of sp³-hybridized carbons (Fsp3) is 0.547. The van der Waals surface area contributed by atoms with E-state index in [0.717, 1.165) is 47.7 Å². The number of carbonyl (C=O) groups is 4. The monoisotopic (exact) mass is 927 g/mol. The van der Waals surface area contributed by atoms with Gasteiger partial charge in [-0.15, -0.1) is 0 Å². The van der Waals surface area contributed by atoms with Crippen LogP contribution in [0.5, 0.6) is 0 Å². The Morgan fingerprint density at radius 2 is 1.42 bits per heavy atom. The fourth-order valence-electron chi connectivity index (χ4n) is 8.16. The summed E-state index contributed by atoms with van der Waals surface area (Å²) in [7, 11) is 0. The molecule has 6 atom stereocenters. The summed E-state index contributed by atoms with van der Waals surface area (Å²) >= 11 is 0. The number of hydrogen-bond acceptors (Lipinski definition) is 10. The molecule has 0 bridgehead atoms. The number of rotatable bonds is 30. The molecule has 368 valence electrons. The first-order valence-electron chi connectivity index (χ1n) is 24.6. The van der Waals surface area contributed by atoms with Crippen LogP contribution in [0, 0.1) is 5.92 Å². The van der Waals surface area contributed by atoms with Gasteiger partial charge in [0.25, 0.3) is 0 Å². The molecular weight excluding hydrogens is 849 g/mol. The molecule has 0 saturated heterocycles. The molecule has 3 aromatic carbocycles. The van der Waals surface area contributed by atoms with Gasteiger partial charge in [0.2, 0.25) is 17.7 Å². The number of nitrogens with zero attached hydrogens (tertiary/aromatic N) is 2. The van der Waals surface area contributed by atoms with E-state index in [-0.39, 0.29) is 37.9 Å². The number of anilines is 1. The molecule has 14 nitrogen and oxygen atoms in total. The highest BCUT2D eigenvalue weighted by Crippen LogP contribution is 2.34. The second-order valence-corrected chi connectivity index (χ2v) is 18.3. The number of alkyl carbamates (subject to hydrolysis) is 1. The Morgan fingerprint density at radius 3 is 2.07 bits per heavy atom. The minimum absolute atomic E-state index is 0.0775. The summed E-state index contributed by atoms with van der Waals surface area (Å²) in [4.78, 5) is 58.9. The molecule has 4 amide bonds. The van der Waals surface area contributed by atoms with Crippen molar-refractivity contribution in [1.82, 2.24) is 20.9 Å². The second-order valence-electron chi connectivity index (χ2n) is 18.3. The molecular formula is C53H78N6O8. The third-order valence-corrected chi connectivity index (χ3v) is 12.2. The Labute approximate surface area is 398 Å². The average Bonchev–Trinajstić information content (AvgIpc) is 3.74. The largest absolute Gasteiger partial charge is 0.445 e. The quantitative estimate of drug-likeness (QED) is 0.0256. The minimum Gasteiger partial charge on any atom is -0.445 e. The van der Waals surface area contributed by atoms with Crippen LogP contribution in [0.1, 0.15) is 130 Å². The van der Waals surface area contributed by atoms with Crippen LogP contribution < -0.4 is 26.6 Å². The molecule has 1 aliphatic heterocycles. The third kappa shape index (κ3) is 18.4. The van der Waals surface area contributed by atoms with Crippen LogP contribution in [-0.2, 0) is 25.7 Å². The van der Waals surface area contributed by atoms with Gasteiger partial charge in [-0.2, -0.15) is 0 Å². The number of allylic oxidation sites excluding steroid dienone is 1. The predicted octanol–water partition coefficient (Wildman–Crippen LogP) is 7.70. The first-order valence-corrected chi connectivity index (χ1v) is 24.6. The molecule has 3 unspecified atom stereocenters. The molecule has 3 aromatic rings. The van der Waals surface area contributed by atoms with Gasteiger partial charge >= 0.3 is 6.09 Å². The number of amides is 4. The Balaban J connectivity index is 1.52. The first-order chi connectivity index (χ1) is 32.3. The third-order valence-electron chi connectivity index (χ3n) is 12.2. The maximum Gasteiger partial charge on any atom is 0.408 e. The average molecular weight is 927 g/mol. The standard InChI is InChI=1S/C53H78N6O8/c1-5-6-7-8-9-10-11-12-13-14-15-16-20-30-47(61)45(35-60)55-51(64)49(48(62)32-31-38(2)3)57-50(63)44(56-53(66)67-36-40-24-18-17-19-25-40)33-42-34-58(52(65)39(4)54)37-59(42)46-29-23-27-41-26-21-22-28-43(41)46/h17-30,34,38-39,44-45,47-49,60-62H,5-16,31-33,35-37,54H2,1-4H3,(H,55,64)(H,56,66)(H,57,63)/t39-,44-,45?,47?,48-,49?/m0/s1. The van der Waals surface area contributed by atoms with Crippen LogP contribution >= 0.6 is 0 Å². The van der Waals surface area contributed by atoms with E-state index < -0.39 is 60.9 Å². The Morgan fingerprint density at radius 1 is 0.776 bits per heavy atom. The number of unbranched alkanes of at least 4 members (excludes halogenated alkanes) is 11. The van der Waals surface area contributed by atoms with Gasteiger partial charge in [0.05, 0.1) is 36.6 Å². The number of benzene rings is 3. The summed E-state index contributed by atoms with van der Waals surface area (Å²) in [6.07, 6.45) is 16.2. The number of aliphatic hydroxyl groups is 3. The molecule has 4 rings (SSSR count). The lowest BCUT2D eigenvalue weighted by molar-refractivity contribution is -0.134. The topological polar surface area (TPSA) is 207 Å². The zero-order valence-corrected chi connectivity index (χ0v) is 40.3. The molecule has 1 heterocycles. The van der Waals surface area contributed by atoms with Crippen molar-refractivity contribution in [2.75, 3.05) is 18.2 Å². The van der Waals surface area contributed by atoms with E-state index in [2.05, 4.69) is 22.9 Å². The summed E-state index contributed by atoms with van der Waals surface area (Å²) in [6.45, 7) is 7.15. The predicted molar refractivity (Wildman–Crippen MR) is 265 cm³/mol. The van der Waals surface area contributed by atoms with E-state index >= 15 is 0 Å². The molecule has 67 heavy (non-hydrogen) atoms. The van der Waals surface area contributed by atoms with Gasteiger partial charge in [0.1, 0.15) is 25.4 Å². The Bertz CT molecular complexity index is 2020. The summed E-state index contributed by atoms with van der Waals surface area (Å²) in [5, 5.41) is 42.8. The van der Waals surface area contributed by atoms with Gasteiger partial charge in [-0.3, -0.25) is 19.3 Å². The van der Waals surface area contributed by atoms with Crippen molar-refractivity contribution < 1.29 is 39.2 Å². The Kier molecular flexibility index (Phi) is 23.9. The van der Waals surface area contributed by atoms with Gasteiger partial charge in [0, 0.05) is 23.7 Å². The lowest BCUT2D eigenvalue weighted by Crippen LogP contribution is -2.60. The van der Waals surface area contributed by atoms with E-state index in [1.165, 1.54) is 56.3 Å². The van der Waals surface area contributed by atoms with E-state index in [1.54, 1.807) is 31.3 Å². The molecule has 0 aromatic heterocycles. The number of carbonyl (C=O) groups excluding carboxylic acids is 4. The zero-order valence-electron chi connectivity index (χ0n) is 40.3. The van der Waals surface area contributed by atoms with Gasteiger partial charge < -0.3 is 46.6 Å². The van der Waals surface area contributed by atoms with E-state index in [9.17, 15) is 34.5 Å². The number of aliphatic hydroxyl groups excluding tert-OH is 3. The lowest BCUT2D eigenvalue weighted by Gasteiger charge is -2.30. The van der Waals surface area contributed by atoms with Crippen LogP contribution in [0.2, 0.25) is 0 Å². The van der Waals surface area contributed by atoms with Gasteiger partial charge in [0.15, 0.2) is 0 Å². The van der Waals surface area contributed by atoms with Crippen LogP contribution in [-0.4, -0.2) is 93.7 Å². The van der Waals surface area contributed by atoms with Crippen LogP contribution in [0.15, 0.2) is 96.8 Å². The molecule has 8 N–H and O–H groups in total. The van der Waals surface area contributed by atoms with Crippen LogP contribution in [0.25, 0.3) is 10.8 Å².